The number of aliphatic imine (C=N–C) groups is 1. The molecule has 1 aromatic carbocycles. The van der Waals surface area contributed by atoms with Crippen molar-refractivity contribution in [2.24, 2.45) is 10.9 Å². The highest BCUT2D eigenvalue weighted by atomic mass is 15.5. The van der Waals surface area contributed by atoms with E-state index in [9.17, 15) is 0 Å². The van der Waals surface area contributed by atoms with Gasteiger partial charge in [0, 0.05) is 12.5 Å². The molecule has 29 heavy (non-hydrogen) atoms. The molecule has 0 unspecified atom stereocenters. The van der Waals surface area contributed by atoms with Crippen molar-refractivity contribution in [2.75, 3.05) is 45.4 Å². The van der Waals surface area contributed by atoms with Gasteiger partial charge in [0.2, 0.25) is 11.9 Å². The Morgan fingerprint density at radius 3 is 2.93 bits per heavy atom. The topological polar surface area (TPSA) is 51.9 Å². The number of rotatable bonds is 5. The van der Waals surface area contributed by atoms with Gasteiger partial charge in [-0.05, 0) is 58.5 Å². The molecule has 2 atom stereocenters. The number of hydrogen-bond donors (Lipinski definition) is 1. The van der Waals surface area contributed by atoms with Crippen molar-refractivity contribution in [3.63, 3.8) is 0 Å². The van der Waals surface area contributed by atoms with E-state index in [2.05, 4.69) is 75.1 Å². The number of imidazole rings is 1. The maximum Gasteiger partial charge on any atom is 0.216 e. The first kappa shape index (κ1) is 18.6. The fourth-order valence-electron chi connectivity index (χ4n) is 4.72. The summed E-state index contributed by atoms with van der Waals surface area (Å²) >= 11 is 0. The summed E-state index contributed by atoms with van der Waals surface area (Å²) in [6.45, 7) is 3.73. The number of fused-ring (bicyclic) bond motifs is 5. The number of anilines is 1. The standard InChI is InChI=1S/C22H31N7/c1-26(2)13-8-14-27-15-23-21-25-20(17-9-4-3-5-10-17)29-19-12-7-6-11-18(19)24-22(29)28(21)16-27/h3-4,6-7,11-12,17,20H,5,8-10,13-16H2,1-2H3,(H,23,25)/t17-,20+/m1/s1. The van der Waals surface area contributed by atoms with Crippen molar-refractivity contribution in [1.29, 1.82) is 0 Å². The molecule has 7 heteroatoms. The summed E-state index contributed by atoms with van der Waals surface area (Å²) in [6.07, 6.45) is 9.45. The average molecular weight is 394 g/mol. The van der Waals surface area contributed by atoms with Crippen molar-refractivity contribution in [1.82, 2.24) is 24.7 Å². The SMILES string of the molecule is CN(C)CCCN1CN=C2N[C@H]([C@@H]3CC=CCC3)n3c(nc4ccccc43)N2C1. The summed E-state index contributed by atoms with van der Waals surface area (Å²) in [6, 6.07) is 8.50. The van der Waals surface area contributed by atoms with Crippen LogP contribution in [0.15, 0.2) is 41.4 Å². The molecule has 0 radical (unpaired) electrons. The molecular weight excluding hydrogens is 362 g/mol. The molecule has 0 spiro atoms. The smallest absolute Gasteiger partial charge is 0.216 e. The van der Waals surface area contributed by atoms with Crippen LogP contribution in [0.5, 0.6) is 0 Å². The zero-order valence-corrected chi connectivity index (χ0v) is 17.5. The van der Waals surface area contributed by atoms with E-state index < -0.39 is 0 Å². The van der Waals surface area contributed by atoms with Crippen LogP contribution in [0.25, 0.3) is 11.0 Å². The maximum atomic E-state index is 5.04. The van der Waals surface area contributed by atoms with Gasteiger partial charge in [0.1, 0.15) is 6.17 Å². The van der Waals surface area contributed by atoms with Crippen LogP contribution in [0, 0.1) is 5.92 Å². The molecule has 0 amide bonds. The van der Waals surface area contributed by atoms with E-state index >= 15 is 0 Å². The molecule has 154 valence electrons. The van der Waals surface area contributed by atoms with E-state index in [0.717, 1.165) is 63.1 Å². The first-order chi connectivity index (χ1) is 14.2. The average Bonchev–Trinajstić information content (AvgIpc) is 3.14. The minimum absolute atomic E-state index is 0.206. The lowest BCUT2D eigenvalue weighted by Crippen LogP contribution is -2.58. The van der Waals surface area contributed by atoms with Gasteiger partial charge in [-0.1, -0.05) is 24.3 Å². The van der Waals surface area contributed by atoms with E-state index in [1.54, 1.807) is 0 Å². The summed E-state index contributed by atoms with van der Waals surface area (Å²) in [5.74, 6) is 2.57. The molecule has 1 N–H and O–H groups in total. The number of nitrogens with zero attached hydrogens (tertiary/aromatic N) is 6. The fourth-order valence-corrected chi connectivity index (χ4v) is 4.72. The van der Waals surface area contributed by atoms with E-state index in [1.807, 2.05) is 0 Å². The number of benzene rings is 1. The zero-order valence-electron chi connectivity index (χ0n) is 17.5. The van der Waals surface area contributed by atoms with Crippen LogP contribution < -0.4 is 10.2 Å². The van der Waals surface area contributed by atoms with E-state index in [4.69, 9.17) is 9.98 Å². The quantitative estimate of drug-likeness (QED) is 0.792. The summed E-state index contributed by atoms with van der Waals surface area (Å²) < 4.78 is 2.42. The largest absolute Gasteiger partial charge is 0.335 e. The Morgan fingerprint density at radius 1 is 1.21 bits per heavy atom. The van der Waals surface area contributed by atoms with Crippen LogP contribution in [0.4, 0.5) is 5.95 Å². The van der Waals surface area contributed by atoms with Crippen LogP contribution in [0.2, 0.25) is 0 Å². The van der Waals surface area contributed by atoms with Gasteiger partial charge < -0.3 is 10.2 Å². The Hall–Kier alpha value is -2.38. The third-order valence-corrected chi connectivity index (χ3v) is 6.23. The third kappa shape index (κ3) is 3.53. The van der Waals surface area contributed by atoms with Crippen LogP contribution >= 0.6 is 0 Å². The highest BCUT2D eigenvalue weighted by Gasteiger charge is 2.38. The molecule has 3 heterocycles. The van der Waals surface area contributed by atoms with Crippen LogP contribution in [-0.2, 0) is 0 Å². The molecule has 1 aliphatic carbocycles. The number of hydrogen-bond acceptors (Lipinski definition) is 6. The number of aromatic nitrogens is 2. The molecule has 0 saturated heterocycles. The lowest BCUT2D eigenvalue weighted by molar-refractivity contribution is 0.238. The summed E-state index contributed by atoms with van der Waals surface area (Å²) in [7, 11) is 4.26. The Kier molecular flexibility index (Phi) is 5.01. The Morgan fingerprint density at radius 2 is 2.10 bits per heavy atom. The minimum atomic E-state index is 0.206. The lowest BCUT2D eigenvalue weighted by atomic mass is 9.91. The van der Waals surface area contributed by atoms with E-state index in [-0.39, 0.29) is 6.17 Å². The minimum Gasteiger partial charge on any atom is -0.335 e. The van der Waals surface area contributed by atoms with Crippen molar-refractivity contribution in [2.45, 2.75) is 31.8 Å². The molecule has 0 fully saturated rings. The molecular formula is C22H31N7. The fraction of sp³-hybridized carbons (Fsp3) is 0.545. The molecule has 0 bridgehead atoms. The number of allylic oxidation sites excluding steroid dienone is 2. The van der Waals surface area contributed by atoms with Crippen molar-refractivity contribution >= 4 is 22.9 Å². The van der Waals surface area contributed by atoms with E-state index in [0.29, 0.717) is 5.92 Å². The summed E-state index contributed by atoms with van der Waals surface area (Å²) in [5.41, 5.74) is 2.27. The molecule has 2 aliphatic heterocycles. The molecule has 5 rings (SSSR count). The van der Waals surface area contributed by atoms with Crippen LogP contribution in [0.1, 0.15) is 31.8 Å². The molecule has 0 saturated carbocycles. The third-order valence-electron chi connectivity index (χ3n) is 6.23. The summed E-state index contributed by atoms with van der Waals surface area (Å²) in [5, 5.41) is 3.78. The Bertz CT molecular complexity index is 928. The van der Waals surface area contributed by atoms with Crippen LogP contribution in [-0.4, -0.2) is 65.8 Å². The summed E-state index contributed by atoms with van der Waals surface area (Å²) in [4.78, 5) is 16.9. The monoisotopic (exact) mass is 393 g/mol. The Labute approximate surface area is 172 Å². The van der Waals surface area contributed by atoms with Gasteiger partial charge in [0.15, 0.2) is 0 Å². The predicted octanol–water partition coefficient (Wildman–Crippen LogP) is 2.84. The lowest BCUT2D eigenvalue weighted by Gasteiger charge is -2.44. The van der Waals surface area contributed by atoms with E-state index in [1.165, 1.54) is 11.9 Å². The predicted molar refractivity (Wildman–Crippen MR) is 118 cm³/mol. The highest BCUT2D eigenvalue weighted by Crippen LogP contribution is 2.37. The molecule has 1 aromatic heterocycles. The van der Waals surface area contributed by atoms with Crippen molar-refractivity contribution in [3.8, 4) is 0 Å². The second kappa shape index (κ2) is 7.80. The zero-order chi connectivity index (χ0) is 19.8. The first-order valence-electron chi connectivity index (χ1n) is 10.8. The second-order valence-corrected chi connectivity index (χ2v) is 8.65. The van der Waals surface area contributed by atoms with Gasteiger partial charge in [0.05, 0.1) is 24.4 Å². The number of nitrogens with one attached hydrogen (secondary N) is 1. The number of guanidine groups is 1. The van der Waals surface area contributed by atoms with Gasteiger partial charge in [-0.3, -0.25) is 14.4 Å². The van der Waals surface area contributed by atoms with Crippen molar-refractivity contribution < 1.29 is 0 Å². The normalized spacial score (nSPS) is 24.4. The van der Waals surface area contributed by atoms with Crippen LogP contribution in [0.3, 0.4) is 0 Å². The Balaban J connectivity index is 1.47. The molecule has 2 aromatic rings. The second-order valence-electron chi connectivity index (χ2n) is 8.65. The molecule has 7 nitrogen and oxygen atoms in total. The van der Waals surface area contributed by atoms with Gasteiger partial charge >= 0.3 is 0 Å². The number of para-hydroxylation sites is 2. The first-order valence-corrected chi connectivity index (χ1v) is 10.8. The highest BCUT2D eigenvalue weighted by molar-refractivity contribution is 5.98. The van der Waals surface area contributed by atoms with Gasteiger partial charge in [-0.2, -0.15) is 0 Å². The van der Waals surface area contributed by atoms with Gasteiger partial charge in [-0.15, -0.1) is 0 Å². The van der Waals surface area contributed by atoms with Gasteiger partial charge in [-0.25, -0.2) is 9.98 Å². The van der Waals surface area contributed by atoms with Gasteiger partial charge in [0.25, 0.3) is 0 Å². The molecule has 3 aliphatic rings. The van der Waals surface area contributed by atoms with Crippen molar-refractivity contribution in [3.05, 3.63) is 36.4 Å². The maximum absolute atomic E-state index is 5.04.